The predicted molar refractivity (Wildman–Crippen MR) is 66.7 cm³/mol. The van der Waals surface area contributed by atoms with Crippen molar-refractivity contribution in [3.05, 3.63) is 33.3 Å². The van der Waals surface area contributed by atoms with E-state index in [4.69, 9.17) is 21.6 Å². The fourth-order valence-electron chi connectivity index (χ4n) is 1.28. The smallest absolute Gasteiger partial charge is 0.271 e. The van der Waals surface area contributed by atoms with Crippen molar-refractivity contribution in [2.75, 3.05) is 13.7 Å². The van der Waals surface area contributed by atoms with Gasteiger partial charge in [-0.1, -0.05) is 11.6 Å². The molecule has 6 nitrogen and oxygen atoms in total. The number of nitro benzene ring substituents is 1. The minimum absolute atomic E-state index is 0.0857. The van der Waals surface area contributed by atoms with E-state index in [-0.39, 0.29) is 16.8 Å². The predicted octanol–water partition coefficient (Wildman–Crippen LogP) is 2.13. The monoisotopic (exact) mass is 269 g/mol. The zero-order valence-electron chi connectivity index (χ0n) is 9.72. The lowest BCUT2D eigenvalue weighted by atomic mass is 10.2. The summed E-state index contributed by atoms with van der Waals surface area (Å²) in [7, 11) is 1.69. The van der Waals surface area contributed by atoms with Crippen molar-refractivity contribution in [2.24, 2.45) is 0 Å². The van der Waals surface area contributed by atoms with Crippen LogP contribution in [0.4, 0.5) is 5.69 Å². The molecule has 0 bridgehead atoms. The number of nitrogens with zero attached hydrogens (tertiary/aromatic N) is 2. The molecule has 7 heteroatoms. The molecule has 0 saturated carbocycles. The number of benzene rings is 1. The standard InChI is InChI=1S/C11H12ClN3O3/c1-14-8(7-13)4-5-18-11-3-2-9(15(16)17)6-10(11)12/h2-3,6,8,14H,4-5H2,1H3. The fourth-order valence-corrected chi connectivity index (χ4v) is 1.51. The second-order valence-electron chi connectivity index (χ2n) is 3.48. The Hall–Kier alpha value is -1.84. The van der Waals surface area contributed by atoms with Crippen molar-refractivity contribution in [1.82, 2.24) is 5.32 Å². The molecule has 96 valence electrons. The fraction of sp³-hybridized carbons (Fsp3) is 0.364. The number of hydrogen-bond acceptors (Lipinski definition) is 5. The maximum Gasteiger partial charge on any atom is 0.271 e. The molecule has 18 heavy (non-hydrogen) atoms. The van der Waals surface area contributed by atoms with E-state index in [0.29, 0.717) is 18.8 Å². The lowest BCUT2D eigenvalue weighted by molar-refractivity contribution is -0.384. The normalized spacial score (nSPS) is 11.6. The third kappa shape index (κ3) is 3.87. The van der Waals surface area contributed by atoms with Gasteiger partial charge in [0.1, 0.15) is 5.75 Å². The summed E-state index contributed by atoms with van der Waals surface area (Å²) < 4.78 is 5.36. The maximum absolute atomic E-state index is 10.5. The Morgan fingerprint density at radius 2 is 2.39 bits per heavy atom. The molecule has 1 aromatic carbocycles. The Bertz CT molecular complexity index is 473. The molecule has 1 aromatic rings. The molecule has 0 fully saturated rings. The Balaban J connectivity index is 2.58. The topological polar surface area (TPSA) is 88.2 Å². The molecule has 0 aliphatic rings. The lowest BCUT2D eigenvalue weighted by Crippen LogP contribution is -2.25. The van der Waals surface area contributed by atoms with Crippen LogP contribution < -0.4 is 10.1 Å². The molecule has 0 saturated heterocycles. The quantitative estimate of drug-likeness (QED) is 0.631. The molecule has 0 radical (unpaired) electrons. The van der Waals surface area contributed by atoms with E-state index < -0.39 is 4.92 Å². The average Bonchev–Trinajstić information content (AvgIpc) is 2.36. The van der Waals surface area contributed by atoms with E-state index in [1.807, 2.05) is 0 Å². The first-order valence-corrected chi connectivity index (χ1v) is 5.60. The SMILES string of the molecule is CNC(C#N)CCOc1ccc([N+](=O)[O-])cc1Cl. The first-order chi connectivity index (χ1) is 8.58. The Morgan fingerprint density at radius 3 is 2.89 bits per heavy atom. The van der Waals surface area contributed by atoms with E-state index in [9.17, 15) is 10.1 Å². The van der Waals surface area contributed by atoms with Crippen molar-refractivity contribution >= 4 is 17.3 Å². The van der Waals surface area contributed by atoms with Gasteiger partial charge in [0.2, 0.25) is 0 Å². The van der Waals surface area contributed by atoms with Gasteiger partial charge in [-0.15, -0.1) is 0 Å². The number of hydrogen-bond donors (Lipinski definition) is 1. The zero-order chi connectivity index (χ0) is 13.5. The van der Waals surface area contributed by atoms with Crippen molar-refractivity contribution in [3.63, 3.8) is 0 Å². The van der Waals surface area contributed by atoms with Crippen LogP contribution in [0.1, 0.15) is 6.42 Å². The zero-order valence-corrected chi connectivity index (χ0v) is 10.5. The van der Waals surface area contributed by atoms with Crippen LogP contribution in [0.3, 0.4) is 0 Å². The molecule has 1 rings (SSSR count). The highest BCUT2D eigenvalue weighted by molar-refractivity contribution is 6.32. The molecular formula is C11H12ClN3O3. The molecule has 0 aliphatic heterocycles. The van der Waals surface area contributed by atoms with Crippen molar-refractivity contribution in [2.45, 2.75) is 12.5 Å². The van der Waals surface area contributed by atoms with Crippen molar-refractivity contribution in [1.29, 1.82) is 5.26 Å². The summed E-state index contributed by atoms with van der Waals surface area (Å²) in [6.07, 6.45) is 0.500. The van der Waals surface area contributed by atoms with Crippen LogP contribution in [-0.2, 0) is 0 Å². The van der Waals surface area contributed by atoms with Crippen molar-refractivity contribution < 1.29 is 9.66 Å². The highest BCUT2D eigenvalue weighted by Gasteiger charge is 2.11. The van der Waals surface area contributed by atoms with Crippen LogP contribution in [0, 0.1) is 21.4 Å². The van der Waals surface area contributed by atoms with Gasteiger partial charge in [0.25, 0.3) is 5.69 Å². The van der Waals surface area contributed by atoms with Gasteiger partial charge in [-0.2, -0.15) is 5.26 Å². The van der Waals surface area contributed by atoms with Gasteiger partial charge in [-0.05, 0) is 13.1 Å². The number of nitro groups is 1. The van der Waals surface area contributed by atoms with Crippen LogP contribution in [0.5, 0.6) is 5.75 Å². The first kappa shape index (κ1) is 14.2. The van der Waals surface area contributed by atoms with E-state index in [0.717, 1.165) is 0 Å². The minimum Gasteiger partial charge on any atom is -0.492 e. The van der Waals surface area contributed by atoms with Crippen LogP contribution in [0.15, 0.2) is 18.2 Å². The average molecular weight is 270 g/mol. The number of nitrogens with one attached hydrogen (secondary N) is 1. The molecule has 0 spiro atoms. The first-order valence-electron chi connectivity index (χ1n) is 5.22. The second kappa shape index (κ2) is 6.79. The lowest BCUT2D eigenvalue weighted by Gasteiger charge is -2.10. The van der Waals surface area contributed by atoms with Gasteiger partial charge < -0.3 is 10.1 Å². The van der Waals surface area contributed by atoms with Crippen LogP contribution in [0.25, 0.3) is 0 Å². The summed E-state index contributed by atoms with van der Waals surface area (Å²) >= 11 is 5.85. The van der Waals surface area contributed by atoms with Gasteiger partial charge in [-0.25, -0.2) is 0 Å². The van der Waals surface area contributed by atoms with Gasteiger partial charge in [-0.3, -0.25) is 10.1 Å². The summed E-state index contributed by atoms with van der Waals surface area (Å²) in [5, 5.41) is 22.2. The third-order valence-corrected chi connectivity index (χ3v) is 2.59. The summed E-state index contributed by atoms with van der Waals surface area (Å²) in [5.74, 6) is 0.370. The van der Waals surface area contributed by atoms with Gasteiger partial charge in [0.15, 0.2) is 0 Å². The summed E-state index contributed by atoms with van der Waals surface area (Å²) in [6, 6.07) is 5.77. The highest BCUT2D eigenvalue weighted by Crippen LogP contribution is 2.28. The minimum atomic E-state index is -0.525. The molecule has 1 atom stereocenters. The largest absolute Gasteiger partial charge is 0.492 e. The van der Waals surface area contributed by atoms with Crippen LogP contribution in [-0.4, -0.2) is 24.6 Å². The maximum atomic E-state index is 10.5. The summed E-state index contributed by atoms with van der Waals surface area (Å²) in [4.78, 5) is 9.98. The highest BCUT2D eigenvalue weighted by atomic mass is 35.5. The molecular weight excluding hydrogens is 258 g/mol. The molecule has 1 unspecified atom stereocenters. The van der Waals surface area contributed by atoms with E-state index in [1.54, 1.807) is 7.05 Å². The number of nitriles is 1. The van der Waals surface area contributed by atoms with Gasteiger partial charge >= 0.3 is 0 Å². The van der Waals surface area contributed by atoms with E-state index in [1.165, 1.54) is 18.2 Å². The number of rotatable bonds is 6. The summed E-state index contributed by atoms with van der Waals surface area (Å²) in [5.41, 5.74) is -0.0857. The Morgan fingerprint density at radius 1 is 1.67 bits per heavy atom. The molecule has 0 aromatic heterocycles. The van der Waals surface area contributed by atoms with E-state index >= 15 is 0 Å². The molecule has 0 aliphatic carbocycles. The van der Waals surface area contributed by atoms with Gasteiger partial charge in [0.05, 0.1) is 28.7 Å². The van der Waals surface area contributed by atoms with Crippen molar-refractivity contribution in [3.8, 4) is 11.8 Å². The van der Waals surface area contributed by atoms with Crippen LogP contribution in [0.2, 0.25) is 5.02 Å². The summed E-state index contributed by atoms with van der Waals surface area (Å²) in [6.45, 7) is 0.302. The number of halogens is 1. The number of non-ortho nitro benzene ring substituents is 1. The number of ether oxygens (including phenoxy) is 1. The second-order valence-corrected chi connectivity index (χ2v) is 3.89. The Labute approximate surface area is 109 Å². The Kier molecular flexibility index (Phi) is 5.36. The molecule has 0 amide bonds. The van der Waals surface area contributed by atoms with E-state index in [2.05, 4.69) is 11.4 Å². The third-order valence-electron chi connectivity index (χ3n) is 2.29. The molecule has 1 N–H and O–H groups in total. The van der Waals surface area contributed by atoms with Crippen LogP contribution >= 0.6 is 11.6 Å². The molecule has 0 heterocycles. The van der Waals surface area contributed by atoms with Gasteiger partial charge in [0, 0.05) is 18.6 Å².